The van der Waals surface area contributed by atoms with Crippen LogP contribution in [0.5, 0.6) is 17.2 Å². The summed E-state index contributed by atoms with van der Waals surface area (Å²) in [6.07, 6.45) is -1.26. The number of benzene rings is 2. The molecule has 1 saturated carbocycles. The fraction of sp³-hybridized carbons (Fsp3) is 0.500. The highest BCUT2D eigenvalue weighted by Crippen LogP contribution is 2.32. The number of amides is 1. The summed E-state index contributed by atoms with van der Waals surface area (Å²) in [5.74, 6) is -1.16. The van der Waals surface area contributed by atoms with Crippen LogP contribution in [0.2, 0.25) is 0 Å². The quantitative estimate of drug-likeness (QED) is 0.321. The van der Waals surface area contributed by atoms with Gasteiger partial charge in [-0.3, -0.25) is 0 Å². The molecule has 1 unspecified atom stereocenters. The molecule has 1 aliphatic rings. The highest BCUT2D eigenvalue weighted by atomic mass is 19.4. The zero-order chi connectivity index (χ0) is 28.3. The molecule has 214 valence electrons. The summed E-state index contributed by atoms with van der Waals surface area (Å²) in [7, 11) is 0. The number of carboxylic acids is 1. The first-order valence-electron chi connectivity index (χ1n) is 13.0. The third-order valence-corrected chi connectivity index (χ3v) is 6.35. The average Bonchev–Trinajstić information content (AvgIpc) is 2.89. The van der Waals surface area contributed by atoms with Gasteiger partial charge in [0.05, 0.1) is 6.54 Å². The van der Waals surface area contributed by atoms with E-state index in [9.17, 15) is 27.9 Å². The van der Waals surface area contributed by atoms with Crippen molar-refractivity contribution in [3.05, 3.63) is 54.1 Å². The fourth-order valence-corrected chi connectivity index (χ4v) is 4.47. The molecule has 2 aromatic carbocycles. The third-order valence-electron chi connectivity index (χ3n) is 6.35. The van der Waals surface area contributed by atoms with Crippen LogP contribution in [0.15, 0.2) is 48.5 Å². The van der Waals surface area contributed by atoms with Gasteiger partial charge in [-0.25, -0.2) is 9.59 Å². The Morgan fingerprint density at radius 2 is 1.69 bits per heavy atom. The van der Waals surface area contributed by atoms with Crippen molar-refractivity contribution >= 4 is 12.1 Å². The van der Waals surface area contributed by atoms with Crippen LogP contribution >= 0.6 is 0 Å². The normalized spacial score (nSPS) is 14.9. The van der Waals surface area contributed by atoms with Crippen molar-refractivity contribution < 1.29 is 46.8 Å². The van der Waals surface area contributed by atoms with E-state index >= 15 is 0 Å². The lowest BCUT2D eigenvalue weighted by Gasteiger charge is -2.29. The topological polar surface area (TPSA) is 94.5 Å². The third kappa shape index (κ3) is 10.3. The molecule has 0 spiro atoms. The Hall–Kier alpha value is -3.47. The first-order chi connectivity index (χ1) is 18.6. The van der Waals surface area contributed by atoms with Gasteiger partial charge in [-0.2, -0.15) is 0 Å². The Bertz CT molecular complexity index is 1060. The van der Waals surface area contributed by atoms with Crippen molar-refractivity contribution in [1.29, 1.82) is 0 Å². The summed E-state index contributed by atoms with van der Waals surface area (Å²) < 4.78 is 58.7. The van der Waals surface area contributed by atoms with E-state index in [2.05, 4.69) is 4.74 Å². The first kappa shape index (κ1) is 30.1. The largest absolute Gasteiger partial charge is 0.573 e. The zero-order valence-electron chi connectivity index (χ0n) is 21.8. The number of carbonyl (C=O) groups excluding carboxylic acids is 1. The minimum atomic E-state index is -4.93. The number of hydrogen-bond acceptors (Lipinski definition) is 6. The standard InChI is InChI=1S/C28H34F3NO7/c1-2-36-25(26(33)34)18-20-12-14-22(15-13-20)37-17-16-32(19-21-8-4-3-5-9-21)27(35)38-23-10-6-7-11-24(23)39-28(29,30)31/h6-7,10-15,21,25H,2-5,8-9,16-19H2,1H3,(H,33,34). The van der Waals surface area contributed by atoms with Gasteiger partial charge >= 0.3 is 18.4 Å². The lowest BCUT2D eigenvalue weighted by molar-refractivity contribution is -0.275. The number of para-hydroxylation sites is 2. The molecule has 0 bridgehead atoms. The molecule has 39 heavy (non-hydrogen) atoms. The molecule has 0 heterocycles. The number of nitrogens with zero attached hydrogens (tertiary/aromatic N) is 1. The Morgan fingerprint density at radius 1 is 1.03 bits per heavy atom. The number of halogens is 3. The highest BCUT2D eigenvalue weighted by Gasteiger charge is 2.33. The molecule has 0 aliphatic heterocycles. The van der Waals surface area contributed by atoms with Gasteiger partial charge in [-0.15, -0.1) is 13.2 Å². The van der Waals surface area contributed by atoms with Gasteiger partial charge in [0.15, 0.2) is 17.6 Å². The van der Waals surface area contributed by atoms with Crippen molar-refractivity contribution in [3.63, 3.8) is 0 Å². The molecule has 2 aromatic rings. The van der Waals surface area contributed by atoms with Gasteiger partial charge < -0.3 is 29.0 Å². The second-order valence-corrected chi connectivity index (χ2v) is 9.29. The lowest BCUT2D eigenvalue weighted by Crippen LogP contribution is -2.40. The molecule has 1 fully saturated rings. The van der Waals surface area contributed by atoms with Gasteiger partial charge in [0.2, 0.25) is 0 Å². The minimum Gasteiger partial charge on any atom is -0.492 e. The van der Waals surface area contributed by atoms with Crippen molar-refractivity contribution in [3.8, 4) is 17.2 Å². The SMILES string of the molecule is CCOC(Cc1ccc(OCCN(CC2CCCCC2)C(=O)Oc2ccccc2OC(F)(F)F)cc1)C(=O)O. The van der Waals surface area contributed by atoms with Gasteiger partial charge in [0, 0.05) is 19.6 Å². The number of carboxylic acid groups (broad SMARTS) is 1. The Morgan fingerprint density at radius 3 is 2.31 bits per heavy atom. The summed E-state index contributed by atoms with van der Waals surface area (Å²) in [4.78, 5) is 25.8. The van der Waals surface area contributed by atoms with Gasteiger partial charge in [0.25, 0.3) is 0 Å². The van der Waals surface area contributed by atoms with Crippen LogP contribution in [-0.4, -0.2) is 60.8 Å². The predicted octanol–water partition coefficient (Wildman–Crippen LogP) is 6.08. The van der Waals surface area contributed by atoms with E-state index in [4.69, 9.17) is 14.2 Å². The number of rotatable bonds is 13. The van der Waals surface area contributed by atoms with E-state index in [1.807, 2.05) is 0 Å². The number of carbonyl (C=O) groups is 2. The summed E-state index contributed by atoms with van der Waals surface area (Å²) in [5.41, 5.74) is 0.769. The first-order valence-corrected chi connectivity index (χ1v) is 13.0. The smallest absolute Gasteiger partial charge is 0.492 e. The Labute approximate surface area is 225 Å². The van der Waals surface area contributed by atoms with Crippen LogP contribution in [0.4, 0.5) is 18.0 Å². The maximum Gasteiger partial charge on any atom is 0.573 e. The summed E-state index contributed by atoms with van der Waals surface area (Å²) in [5, 5.41) is 9.26. The van der Waals surface area contributed by atoms with Crippen molar-refractivity contribution in [2.75, 3.05) is 26.3 Å². The van der Waals surface area contributed by atoms with Crippen LogP contribution < -0.4 is 14.2 Å². The molecule has 8 nitrogen and oxygen atoms in total. The molecular weight excluding hydrogens is 519 g/mol. The van der Waals surface area contributed by atoms with Gasteiger partial charge in [0.1, 0.15) is 12.4 Å². The number of ether oxygens (including phenoxy) is 4. The van der Waals surface area contributed by atoms with Crippen LogP contribution in [0, 0.1) is 5.92 Å². The number of aliphatic carboxylic acids is 1. The van der Waals surface area contributed by atoms with E-state index in [0.717, 1.165) is 43.7 Å². The molecule has 1 amide bonds. The monoisotopic (exact) mass is 553 g/mol. The molecule has 3 rings (SSSR count). The summed E-state index contributed by atoms with van der Waals surface area (Å²) >= 11 is 0. The molecule has 1 N–H and O–H groups in total. The predicted molar refractivity (Wildman–Crippen MR) is 136 cm³/mol. The maximum absolute atomic E-state index is 13.1. The van der Waals surface area contributed by atoms with E-state index in [1.165, 1.54) is 23.1 Å². The van der Waals surface area contributed by atoms with E-state index in [-0.39, 0.29) is 31.2 Å². The van der Waals surface area contributed by atoms with Crippen LogP contribution in [0.3, 0.4) is 0 Å². The highest BCUT2D eigenvalue weighted by molar-refractivity contribution is 5.73. The van der Waals surface area contributed by atoms with Gasteiger partial charge in [-0.1, -0.05) is 43.5 Å². The summed E-state index contributed by atoms with van der Waals surface area (Å²) in [6.45, 7) is 2.70. The molecule has 0 saturated heterocycles. The lowest BCUT2D eigenvalue weighted by atomic mass is 9.89. The zero-order valence-corrected chi connectivity index (χ0v) is 21.8. The van der Waals surface area contributed by atoms with E-state index in [1.54, 1.807) is 31.2 Å². The Balaban J connectivity index is 1.62. The molecule has 1 atom stereocenters. The van der Waals surface area contributed by atoms with Crippen molar-refractivity contribution in [2.24, 2.45) is 5.92 Å². The molecule has 11 heteroatoms. The Kier molecular flexibility index (Phi) is 11.3. The van der Waals surface area contributed by atoms with Crippen molar-refractivity contribution in [2.45, 2.75) is 57.9 Å². The second-order valence-electron chi connectivity index (χ2n) is 9.29. The number of alkyl halides is 3. The summed E-state index contributed by atoms with van der Waals surface area (Å²) in [6, 6.07) is 12.0. The van der Waals surface area contributed by atoms with Crippen molar-refractivity contribution in [1.82, 2.24) is 4.90 Å². The van der Waals surface area contributed by atoms with Gasteiger partial charge in [-0.05, 0) is 55.5 Å². The van der Waals surface area contributed by atoms with Crippen LogP contribution in [0.25, 0.3) is 0 Å². The maximum atomic E-state index is 13.1. The molecule has 0 aromatic heterocycles. The molecule has 1 aliphatic carbocycles. The van der Waals surface area contributed by atoms with Crippen LogP contribution in [-0.2, 0) is 16.0 Å². The second kappa shape index (κ2) is 14.6. The number of hydrogen-bond donors (Lipinski definition) is 1. The van der Waals surface area contributed by atoms with E-state index in [0.29, 0.717) is 18.9 Å². The van der Waals surface area contributed by atoms with Crippen LogP contribution in [0.1, 0.15) is 44.6 Å². The fourth-order valence-electron chi connectivity index (χ4n) is 4.47. The van der Waals surface area contributed by atoms with E-state index < -0.39 is 30.3 Å². The molecule has 0 radical (unpaired) electrons. The average molecular weight is 554 g/mol. The molecular formula is C28H34F3NO7. The minimum absolute atomic E-state index is 0.124.